The fourth-order valence-electron chi connectivity index (χ4n) is 1.04. The van der Waals surface area contributed by atoms with E-state index in [1.54, 1.807) is 6.20 Å². The maximum atomic E-state index is 5.23. The largest absolute Gasteiger partial charge is 0.304 e. The highest BCUT2D eigenvalue weighted by Gasteiger charge is 1.95. The molecule has 1 aromatic heterocycles. The molecule has 1 heterocycles. The molecule has 1 atom stereocenters. The van der Waals surface area contributed by atoms with Gasteiger partial charge < -0.3 is 5.32 Å². The van der Waals surface area contributed by atoms with Gasteiger partial charge in [-0.25, -0.2) is 0 Å². The maximum absolute atomic E-state index is 5.23. The van der Waals surface area contributed by atoms with E-state index in [2.05, 4.69) is 22.3 Å². The van der Waals surface area contributed by atoms with Crippen molar-refractivity contribution in [3.05, 3.63) is 30.1 Å². The summed E-state index contributed by atoms with van der Waals surface area (Å²) in [6.07, 6.45) is 9.85. The zero-order valence-corrected chi connectivity index (χ0v) is 7.83. The fraction of sp³-hybridized carbons (Fsp3) is 0.364. The summed E-state index contributed by atoms with van der Waals surface area (Å²) in [5.74, 6) is 2.62. The van der Waals surface area contributed by atoms with Crippen molar-refractivity contribution >= 4 is 0 Å². The molecule has 1 N–H and O–H groups in total. The summed E-state index contributed by atoms with van der Waals surface area (Å²) in [5.41, 5.74) is 1.24. The quantitative estimate of drug-likeness (QED) is 0.695. The molecular formula is C11H14N2. The van der Waals surface area contributed by atoms with Gasteiger partial charge in [-0.3, -0.25) is 4.98 Å². The zero-order valence-electron chi connectivity index (χ0n) is 7.83. The Bertz CT molecular complexity index is 274. The molecule has 0 saturated carbocycles. The van der Waals surface area contributed by atoms with E-state index in [4.69, 9.17) is 6.42 Å². The van der Waals surface area contributed by atoms with Gasteiger partial charge >= 0.3 is 0 Å². The summed E-state index contributed by atoms with van der Waals surface area (Å²) in [6.45, 7) is 2.88. The van der Waals surface area contributed by atoms with Gasteiger partial charge in [-0.05, 0) is 25.0 Å². The number of hydrogen-bond donors (Lipinski definition) is 1. The molecule has 0 aliphatic carbocycles. The smallest absolute Gasteiger partial charge is 0.0658 e. The molecule has 2 nitrogen and oxygen atoms in total. The highest BCUT2D eigenvalue weighted by atomic mass is 14.9. The molecule has 1 aromatic rings. The van der Waals surface area contributed by atoms with Crippen molar-refractivity contribution in [3.8, 4) is 12.3 Å². The normalized spacial score (nSPS) is 12.0. The molecule has 0 fully saturated rings. The molecule has 0 amide bonds. The number of terminal acetylenes is 1. The Balaban J connectivity index is 2.25. The summed E-state index contributed by atoms with van der Waals surface area (Å²) < 4.78 is 0. The van der Waals surface area contributed by atoms with Crippen LogP contribution in [0, 0.1) is 12.3 Å². The van der Waals surface area contributed by atoms with Crippen LogP contribution in [-0.2, 0) is 6.42 Å². The minimum Gasteiger partial charge on any atom is -0.304 e. The lowest BCUT2D eigenvalue weighted by molar-refractivity contribution is 0.645. The van der Waals surface area contributed by atoms with Crippen LogP contribution in [0.1, 0.15) is 12.5 Å². The molecule has 2 heteroatoms. The molecule has 0 aromatic carbocycles. The van der Waals surface area contributed by atoms with Gasteiger partial charge in [-0.15, -0.1) is 6.42 Å². The van der Waals surface area contributed by atoms with Crippen molar-refractivity contribution in [2.75, 3.05) is 6.54 Å². The third-order valence-corrected chi connectivity index (χ3v) is 1.84. The van der Waals surface area contributed by atoms with Gasteiger partial charge in [0.15, 0.2) is 0 Å². The van der Waals surface area contributed by atoms with E-state index in [9.17, 15) is 0 Å². The van der Waals surface area contributed by atoms with Crippen molar-refractivity contribution in [2.24, 2.45) is 0 Å². The molecule has 0 bridgehead atoms. The number of nitrogens with one attached hydrogen (secondary N) is 1. The van der Waals surface area contributed by atoms with Gasteiger partial charge in [0.05, 0.1) is 6.04 Å². The Kier molecular flexibility index (Phi) is 4.01. The standard InChI is InChI=1S/C11H14N2/c1-3-10(2)13-8-6-11-5-4-7-12-9-11/h1,4-5,7,9-10,13H,6,8H2,2H3. The van der Waals surface area contributed by atoms with Crippen LogP contribution in [-0.4, -0.2) is 17.6 Å². The van der Waals surface area contributed by atoms with Gasteiger partial charge in [0.25, 0.3) is 0 Å². The van der Waals surface area contributed by atoms with E-state index in [1.807, 2.05) is 19.2 Å². The van der Waals surface area contributed by atoms with Crippen molar-refractivity contribution in [3.63, 3.8) is 0 Å². The van der Waals surface area contributed by atoms with E-state index in [1.165, 1.54) is 5.56 Å². The van der Waals surface area contributed by atoms with Crippen molar-refractivity contribution in [2.45, 2.75) is 19.4 Å². The Hall–Kier alpha value is -1.33. The lowest BCUT2D eigenvalue weighted by atomic mass is 10.2. The minimum atomic E-state index is 0.150. The average Bonchev–Trinajstić information content (AvgIpc) is 2.19. The maximum Gasteiger partial charge on any atom is 0.0658 e. The van der Waals surface area contributed by atoms with Crippen LogP contribution in [0.4, 0.5) is 0 Å². The van der Waals surface area contributed by atoms with Gasteiger partial charge in [0.1, 0.15) is 0 Å². The first-order valence-corrected chi connectivity index (χ1v) is 4.41. The second kappa shape index (κ2) is 5.34. The first kappa shape index (κ1) is 9.76. The van der Waals surface area contributed by atoms with E-state index >= 15 is 0 Å². The highest BCUT2D eigenvalue weighted by molar-refractivity contribution is 5.09. The topological polar surface area (TPSA) is 24.9 Å². The SMILES string of the molecule is C#CC(C)NCCc1cccnc1. The van der Waals surface area contributed by atoms with Gasteiger partial charge in [-0.1, -0.05) is 12.0 Å². The molecule has 0 radical (unpaired) electrons. The average molecular weight is 174 g/mol. The van der Waals surface area contributed by atoms with Gasteiger partial charge in [0, 0.05) is 18.9 Å². The summed E-state index contributed by atoms with van der Waals surface area (Å²) in [4.78, 5) is 4.03. The fourth-order valence-corrected chi connectivity index (χ4v) is 1.04. The van der Waals surface area contributed by atoms with Crippen LogP contribution in [0.3, 0.4) is 0 Å². The number of nitrogens with zero attached hydrogens (tertiary/aromatic N) is 1. The molecule has 0 saturated heterocycles. The molecule has 1 unspecified atom stereocenters. The number of hydrogen-bond acceptors (Lipinski definition) is 2. The Morgan fingerprint density at radius 3 is 3.15 bits per heavy atom. The second-order valence-corrected chi connectivity index (χ2v) is 2.95. The van der Waals surface area contributed by atoms with Gasteiger partial charge in [0.2, 0.25) is 0 Å². The molecule has 68 valence electrons. The summed E-state index contributed by atoms with van der Waals surface area (Å²) in [7, 11) is 0. The van der Waals surface area contributed by atoms with E-state index in [0.29, 0.717) is 0 Å². The summed E-state index contributed by atoms with van der Waals surface area (Å²) >= 11 is 0. The second-order valence-electron chi connectivity index (χ2n) is 2.95. The zero-order chi connectivity index (χ0) is 9.52. The molecule has 0 aliphatic rings. The summed E-state index contributed by atoms with van der Waals surface area (Å²) in [6, 6.07) is 4.16. The van der Waals surface area contributed by atoms with Gasteiger partial charge in [-0.2, -0.15) is 0 Å². The molecule has 0 aliphatic heterocycles. The van der Waals surface area contributed by atoms with Crippen LogP contribution in [0.15, 0.2) is 24.5 Å². The number of rotatable bonds is 4. The molecular weight excluding hydrogens is 160 g/mol. The number of aromatic nitrogens is 1. The van der Waals surface area contributed by atoms with E-state index in [0.717, 1.165) is 13.0 Å². The molecule has 1 rings (SSSR count). The lowest BCUT2D eigenvalue weighted by Gasteiger charge is -2.06. The first-order chi connectivity index (χ1) is 6.33. The third-order valence-electron chi connectivity index (χ3n) is 1.84. The lowest BCUT2D eigenvalue weighted by Crippen LogP contribution is -2.26. The van der Waals surface area contributed by atoms with Crippen molar-refractivity contribution < 1.29 is 0 Å². The Morgan fingerprint density at radius 1 is 1.69 bits per heavy atom. The minimum absolute atomic E-state index is 0.150. The Labute approximate surface area is 79.4 Å². The number of pyridine rings is 1. The predicted octanol–water partition coefficient (Wildman–Crippen LogP) is 1.24. The first-order valence-electron chi connectivity index (χ1n) is 4.41. The van der Waals surface area contributed by atoms with Crippen molar-refractivity contribution in [1.29, 1.82) is 0 Å². The van der Waals surface area contributed by atoms with E-state index < -0.39 is 0 Å². The molecule has 0 spiro atoms. The van der Waals surface area contributed by atoms with Crippen molar-refractivity contribution in [1.82, 2.24) is 10.3 Å². The van der Waals surface area contributed by atoms with E-state index in [-0.39, 0.29) is 6.04 Å². The summed E-state index contributed by atoms with van der Waals surface area (Å²) in [5, 5.41) is 3.22. The Morgan fingerprint density at radius 2 is 2.54 bits per heavy atom. The third kappa shape index (κ3) is 3.73. The monoisotopic (exact) mass is 174 g/mol. The van der Waals surface area contributed by atoms with Crippen LogP contribution in [0.25, 0.3) is 0 Å². The van der Waals surface area contributed by atoms with Crippen LogP contribution in [0.5, 0.6) is 0 Å². The van der Waals surface area contributed by atoms with Crippen LogP contribution < -0.4 is 5.32 Å². The van der Waals surface area contributed by atoms with Crippen LogP contribution >= 0.6 is 0 Å². The van der Waals surface area contributed by atoms with Crippen LogP contribution in [0.2, 0.25) is 0 Å². The predicted molar refractivity (Wildman–Crippen MR) is 54.2 cm³/mol. The highest BCUT2D eigenvalue weighted by Crippen LogP contribution is 1.95. The molecule has 13 heavy (non-hydrogen) atoms.